The van der Waals surface area contributed by atoms with Crippen molar-refractivity contribution in [2.45, 2.75) is 5.51 Å². The summed E-state index contributed by atoms with van der Waals surface area (Å²) < 4.78 is 68.2. The maximum Gasteiger partial charge on any atom is 0.534 e. The summed E-state index contributed by atoms with van der Waals surface area (Å²) in [6.45, 7) is 0. The molecule has 0 aliphatic carbocycles. The van der Waals surface area contributed by atoms with E-state index in [0.717, 1.165) is 6.07 Å². The van der Waals surface area contributed by atoms with Gasteiger partial charge in [0, 0.05) is 10.8 Å². The van der Waals surface area contributed by atoms with E-state index in [0.29, 0.717) is 11.1 Å². The average Bonchev–Trinajstić information content (AvgIpc) is 2.36. The quantitative estimate of drug-likeness (QED) is 0.433. The van der Waals surface area contributed by atoms with Crippen molar-refractivity contribution < 1.29 is 28.8 Å². The van der Waals surface area contributed by atoms with Gasteiger partial charge in [-0.25, -0.2) is 0 Å². The van der Waals surface area contributed by atoms with E-state index in [4.69, 9.17) is 3.07 Å². The van der Waals surface area contributed by atoms with Gasteiger partial charge in [0.05, 0.1) is 0 Å². The lowest BCUT2D eigenvalue weighted by Gasteiger charge is -2.12. The molecule has 0 atom stereocenters. The van der Waals surface area contributed by atoms with E-state index < -0.39 is 21.4 Å². The molecule has 4 nitrogen and oxygen atoms in total. The van der Waals surface area contributed by atoms with E-state index in [1.807, 2.05) is 0 Å². The summed E-state index contributed by atoms with van der Waals surface area (Å²) in [5.41, 5.74) is -5.48. The van der Waals surface area contributed by atoms with Crippen molar-refractivity contribution in [2.24, 2.45) is 0 Å². The predicted molar refractivity (Wildman–Crippen MR) is 74.2 cm³/mol. The highest BCUT2D eigenvalue weighted by atomic mass is 127. The van der Waals surface area contributed by atoms with Crippen LogP contribution in [0.3, 0.4) is 0 Å². The molecule has 2 rings (SSSR count). The van der Waals surface area contributed by atoms with E-state index in [2.05, 4.69) is 4.18 Å². The first kappa shape index (κ1) is 15.2. The zero-order valence-electron chi connectivity index (χ0n) is 9.52. The molecule has 0 N–H and O–H groups in total. The lowest BCUT2D eigenvalue weighted by atomic mass is 10.1. The third-order valence-corrected chi connectivity index (χ3v) is 3.85. The van der Waals surface area contributed by atoms with Crippen molar-refractivity contribution in [2.75, 3.05) is 0 Å². The third kappa shape index (κ3) is 2.77. The zero-order chi connectivity index (χ0) is 15.0. The van der Waals surface area contributed by atoms with Crippen LogP contribution in [0.15, 0.2) is 36.4 Å². The molecule has 9 heteroatoms. The fourth-order valence-corrected chi connectivity index (χ4v) is 2.42. The van der Waals surface area contributed by atoms with Gasteiger partial charge in [-0.3, -0.25) is 0 Å². The van der Waals surface area contributed by atoms with Crippen LogP contribution in [0, 0.1) is 0 Å². The fraction of sp³-hybridized carbons (Fsp3) is 0.0909. The number of fused-ring (bicyclic) bond motifs is 1. The maximum atomic E-state index is 12.3. The monoisotopic (exact) mass is 418 g/mol. The van der Waals surface area contributed by atoms with Crippen molar-refractivity contribution in [1.29, 1.82) is 0 Å². The van der Waals surface area contributed by atoms with Crippen molar-refractivity contribution in [3.8, 4) is 11.5 Å². The van der Waals surface area contributed by atoms with E-state index in [-0.39, 0.29) is 5.39 Å². The highest BCUT2D eigenvalue weighted by molar-refractivity contribution is 14.1. The summed E-state index contributed by atoms with van der Waals surface area (Å²) >= 11 is 1.62. The van der Waals surface area contributed by atoms with Gasteiger partial charge >= 0.3 is 15.6 Å². The smallest absolute Gasteiger partial charge is 0.427 e. The summed E-state index contributed by atoms with van der Waals surface area (Å²) in [7, 11) is -5.70. The van der Waals surface area contributed by atoms with Crippen molar-refractivity contribution >= 4 is 43.9 Å². The van der Waals surface area contributed by atoms with E-state index in [1.54, 1.807) is 35.1 Å². The Morgan fingerprint density at radius 2 is 1.45 bits per heavy atom. The molecule has 2 aromatic carbocycles. The minimum atomic E-state index is -5.70. The Balaban J connectivity index is 2.57. The lowest BCUT2D eigenvalue weighted by Crippen LogP contribution is -2.28. The Labute approximate surface area is 126 Å². The van der Waals surface area contributed by atoms with Crippen molar-refractivity contribution in [3.63, 3.8) is 0 Å². The Hall–Kier alpha value is -1.23. The molecular weight excluding hydrogens is 412 g/mol. The minimum Gasteiger partial charge on any atom is -0.427 e. The van der Waals surface area contributed by atoms with Crippen LogP contribution in [-0.2, 0) is 10.1 Å². The second-order valence-electron chi connectivity index (χ2n) is 3.67. The van der Waals surface area contributed by atoms with Crippen LogP contribution in [0.2, 0.25) is 0 Å². The Morgan fingerprint density at radius 3 is 1.95 bits per heavy atom. The standard InChI is InChI=1S/C11H6F3IO4S/c12-11(13,14)20(16,17)19-10-6-2-3-7-8(10)4-1-5-9(7)18-15/h1-6H. The largest absolute Gasteiger partial charge is 0.534 e. The van der Waals surface area contributed by atoms with Crippen LogP contribution in [0.25, 0.3) is 10.8 Å². The number of hydrogen-bond donors (Lipinski definition) is 0. The molecule has 0 fully saturated rings. The van der Waals surface area contributed by atoms with Gasteiger partial charge in [-0.2, -0.15) is 21.6 Å². The van der Waals surface area contributed by atoms with Gasteiger partial charge < -0.3 is 7.25 Å². The first-order valence-electron chi connectivity index (χ1n) is 5.07. The Morgan fingerprint density at radius 1 is 0.950 bits per heavy atom. The molecule has 0 saturated carbocycles. The normalized spacial score (nSPS) is 12.4. The summed E-state index contributed by atoms with van der Waals surface area (Å²) in [4.78, 5) is 0. The highest BCUT2D eigenvalue weighted by Crippen LogP contribution is 2.35. The topological polar surface area (TPSA) is 52.6 Å². The van der Waals surface area contributed by atoms with Gasteiger partial charge in [-0.15, -0.1) is 0 Å². The third-order valence-electron chi connectivity index (χ3n) is 2.41. The molecule has 0 bridgehead atoms. The highest BCUT2D eigenvalue weighted by Gasteiger charge is 2.48. The number of benzene rings is 2. The van der Waals surface area contributed by atoms with Gasteiger partial charge in [-0.05, 0) is 12.1 Å². The number of alkyl halides is 3. The van der Waals surface area contributed by atoms with Gasteiger partial charge in [0.2, 0.25) is 0 Å². The minimum absolute atomic E-state index is 0.203. The molecule has 0 amide bonds. The molecule has 0 unspecified atom stereocenters. The van der Waals surface area contributed by atoms with Crippen molar-refractivity contribution in [1.82, 2.24) is 0 Å². The number of rotatable bonds is 3. The zero-order valence-corrected chi connectivity index (χ0v) is 12.5. The van der Waals surface area contributed by atoms with E-state index >= 15 is 0 Å². The van der Waals surface area contributed by atoms with Gasteiger partial charge in [-0.1, -0.05) is 24.3 Å². The second kappa shape index (κ2) is 5.28. The fourth-order valence-electron chi connectivity index (χ4n) is 1.56. The summed E-state index contributed by atoms with van der Waals surface area (Å²) in [5.74, 6) is -0.0203. The van der Waals surface area contributed by atoms with Crippen LogP contribution >= 0.6 is 23.0 Å². The van der Waals surface area contributed by atoms with Crippen LogP contribution in [0.4, 0.5) is 13.2 Å². The maximum absolute atomic E-state index is 12.3. The predicted octanol–water partition coefficient (Wildman–Crippen LogP) is 3.80. The molecule has 0 saturated heterocycles. The first-order valence-corrected chi connectivity index (χ1v) is 7.36. The average molecular weight is 418 g/mol. The molecule has 0 aliphatic heterocycles. The number of hydrogen-bond acceptors (Lipinski definition) is 4. The van der Waals surface area contributed by atoms with Gasteiger partial charge in [0.1, 0.15) is 5.75 Å². The molecule has 0 aromatic heterocycles. The van der Waals surface area contributed by atoms with Crippen LogP contribution in [0.5, 0.6) is 11.5 Å². The van der Waals surface area contributed by atoms with Crippen molar-refractivity contribution in [3.05, 3.63) is 36.4 Å². The molecular formula is C11H6F3IO4S. The van der Waals surface area contributed by atoms with Gasteiger partial charge in [0.25, 0.3) is 0 Å². The molecule has 108 valence electrons. The molecule has 20 heavy (non-hydrogen) atoms. The molecule has 0 aliphatic rings. The Kier molecular flexibility index (Phi) is 4.00. The Bertz CT molecular complexity index is 743. The molecule has 0 radical (unpaired) electrons. The second-order valence-corrected chi connectivity index (χ2v) is 5.65. The van der Waals surface area contributed by atoms with E-state index in [9.17, 15) is 21.6 Å². The molecule has 2 aromatic rings. The van der Waals surface area contributed by atoms with Gasteiger partial charge in [0.15, 0.2) is 28.8 Å². The SMILES string of the molecule is O=S(=O)(Oc1cccc2c(OI)cccc12)C(F)(F)F. The molecule has 0 spiro atoms. The van der Waals surface area contributed by atoms with Crippen LogP contribution in [0.1, 0.15) is 0 Å². The summed E-state index contributed by atoms with van der Waals surface area (Å²) in [6.07, 6.45) is 0. The number of halogens is 4. The summed E-state index contributed by atoms with van der Waals surface area (Å²) in [5, 5.41) is 0.645. The molecule has 0 heterocycles. The van der Waals surface area contributed by atoms with Crippen LogP contribution in [-0.4, -0.2) is 13.9 Å². The van der Waals surface area contributed by atoms with E-state index in [1.165, 1.54) is 18.2 Å². The van der Waals surface area contributed by atoms with Crippen LogP contribution < -0.4 is 7.25 Å². The summed E-state index contributed by atoms with van der Waals surface area (Å²) in [6, 6.07) is 8.65. The first-order chi connectivity index (χ1) is 9.26. The lowest BCUT2D eigenvalue weighted by molar-refractivity contribution is -0.0499.